The second-order valence-corrected chi connectivity index (χ2v) is 6.01. The Morgan fingerprint density at radius 2 is 2.00 bits per heavy atom. The van der Waals surface area contributed by atoms with E-state index in [1.165, 1.54) is 0 Å². The van der Waals surface area contributed by atoms with Crippen molar-refractivity contribution in [3.05, 3.63) is 47.6 Å². The Morgan fingerprint density at radius 3 is 2.61 bits per heavy atom. The van der Waals surface area contributed by atoms with Gasteiger partial charge in [-0.25, -0.2) is 0 Å². The minimum Gasteiger partial charge on any atom is -0.349 e. The second kappa shape index (κ2) is 6.91. The third kappa shape index (κ3) is 3.76. The van der Waals surface area contributed by atoms with Crippen LogP contribution >= 0.6 is 0 Å². The molecular weight excluding hydrogens is 292 g/mol. The Morgan fingerprint density at radius 1 is 1.30 bits per heavy atom. The van der Waals surface area contributed by atoms with Gasteiger partial charge in [0, 0.05) is 24.7 Å². The van der Waals surface area contributed by atoms with Crippen LogP contribution in [0.4, 0.5) is 0 Å². The molecule has 0 bridgehead atoms. The molecule has 1 aliphatic heterocycles. The van der Waals surface area contributed by atoms with Gasteiger partial charge in [0.15, 0.2) is 5.82 Å². The number of aromatic nitrogens is 2. The first-order valence-corrected chi connectivity index (χ1v) is 8.03. The number of amides is 1. The highest BCUT2D eigenvalue weighted by Crippen LogP contribution is 2.23. The molecule has 6 heteroatoms. The van der Waals surface area contributed by atoms with E-state index in [0.29, 0.717) is 17.3 Å². The summed E-state index contributed by atoms with van der Waals surface area (Å²) in [6.45, 7) is 5.71. The van der Waals surface area contributed by atoms with Crippen LogP contribution in [0.1, 0.15) is 47.9 Å². The molecule has 1 aromatic heterocycles. The average molecular weight is 314 g/mol. The van der Waals surface area contributed by atoms with E-state index in [4.69, 9.17) is 4.52 Å². The van der Waals surface area contributed by atoms with Crippen LogP contribution in [0.15, 0.2) is 34.9 Å². The van der Waals surface area contributed by atoms with Gasteiger partial charge in [0.05, 0.1) is 6.04 Å². The molecule has 2 aromatic rings. The average Bonchev–Trinajstić information content (AvgIpc) is 3.02. The lowest BCUT2D eigenvalue weighted by molar-refractivity contribution is 0.0881. The number of carbonyl (C=O) groups is 1. The fourth-order valence-electron chi connectivity index (χ4n) is 2.93. The van der Waals surface area contributed by atoms with E-state index in [0.717, 1.165) is 25.9 Å². The van der Waals surface area contributed by atoms with Gasteiger partial charge in [0.25, 0.3) is 5.91 Å². The Balaban J connectivity index is 1.51. The van der Waals surface area contributed by atoms with Gasteiger partial charge in [-0.3, -0.25) is 9.69 Å². The molecule has 1 aliphatic rings. The first-order valence-electron chi connectivity index (χ1n) is 8.03. The Kier molecular flexibility index (Phi) is 4.71. The second-order valence-electron chi connectivity index (χ2n) is 6.01. The van der Waals surface area contributed by atoms with E-state index in [-0.39, 0.29) is 18.0 Å². The number of benzene rings is 1. The van der Waals surface area contributed by atoms with Crippen LogP contribution in [0.2, 0.25) is 0 Å². The molecule has 1 atom stereocenters. The highest BCUT2D eigenvalue weighted by molar-refractivity contribution is 5.94. The van der Waals surface area contributed by atoms with Gasteiger partial charge in [-0.2, -0.15) is 4.98 Å². The van der Waals surface area contributed by atoms with E-state index in [9.17, 15) is 4.79 Å². The van der Waals surface area contributed by atoms with Crippen LogP contribution in [0.5, 0.6) is 0 Å². The molecule has 1 N–H and O–H groups in total. The normalized spacial score (nSPS) is 17.8. The van der Waals surface area contributed by atoms with Gasteiger partial charge < -0.3 is 9.84 Å². The number of nitrogens with one attached hydrogen (secondary N) is 1. The lowest BCUT2D eigenvalue weighted by Crippen LogP contribution is -2.45. The van der Waals surface area contributed by atoms with Crippen LogP contribution in [0.3, 0.4) is 0 Å². The summed E-state index contributed by atoms with van der Waals surface area (Å²) >= 11 is 0. The number of hydrogen-bond donors (Lipinski definition) is 1. The van der Waals surface area contributed by atoms with Crippen LogP contribution in [-0.2, 0) is 0 Å². The summed E-state index contributed by atoms with van der Waals surface area (Å²) in [5.41, 5.74) is 0.713. The van der Waals surface area contributed by atoms with Crippen LogP contribution in [0.25, 0.3) is 0 Å². The maximum atomic E-state index is 12.2. The van der Waals surface area contributed by atoms with Crippen LogP contribution in [0, 0.1) is 6.92 Å². The molecule has 0 spiro atoms. The zero-order valence-electron chi connectivity index (χ0n) is 13.5. The van der Waals surface area contributed by atoms with Crippen LogP contribution < -0.4 is 5.32 Å². The van der Waals surface area contributed by atoms with Crippen molar-refractivity contribution in [3.8, 4) is 0 Å². The summed E-state index contributed by atoms with van der Waals surface area (Å²) in [5.74, 6) is 1.33. The van der Waals surface area contributed by atoms with Gasteiger partial charge in [-0.05, 0) is 38.8 Å². The molecule has 1 saturated heterocycles. The summed E-state index contributed by atoms with van der Waals surface area (Å²) in [4.78, 5) is 18.8. The van der Waals surface area contributed by atoms with Crippen LogP contribution in [-0.4, -0.2) is 40.1 Å². The molecule has 122 valence electrons. The Labute approximate surface area is 135 Å². The van der Waals surface area contributed by atoms with Crippen molar-refractivity contribution in [2.45, 2.75) is 38.8 Å². The van der Waals surface area contributed by atoms with E-state index in [1.807, 2.05) is 37.3 Å². The number of rotatable bonds is 4. The summed E-state index contributed by atoms with van der Waals surface area (Å²) in [6, 6.07) is 9.68. The molecule has 6 nitrogen and oxygen atoms in total. The molecule has 0 aliphatic carbocycles. The number of piperidine rings is 1. The van der Waals surface area contributed by atoms with Crippen molar-refractivity contribution in [2.75, 3.05) is 13.1 Å². The third-order valence-electron chi connectivity index (χ3n) is 4.35. The zero-order valence-corrected chi connectivity index (χ0v) is 13.5. The molecule has 1 amide bonds. The van der Waals surface area contributed by atoms with Crippen molar-refractivity contribution < 1.29 is 9.32 Å². The lowest BCUT2D eigenvalue weighted by Gasteiger charge is -2.34. The first kappa shape index (κ1) is 15.7. The Hall–Kier alpha value is -2.21. The molecule has 23 heavy (non-hydrogen) atoms. The smallest absolute Gasteiger partial charge is 0.251 e. The standard InChI is InChI=1S/C17H22N4O2/c1-12(17-18-13(2)20-23-17)21-10-8-15(9-11-21)19-16(22)14-6-4-3-5-7-14/h3-7,12,15H,8-11H2,1-2H3,(H,19,22). The maximum Gasteiger partial charge on any atom is 0.251 e. The van der Waals surface area contributed by atoms with Gasteiger partial charge in [-0.15, -0.1) is 0 Å². The molecule has 1 fully saturated rings. The molecule has 1 unspecified atom stereocenters. The molecule has 3 rings (SSSR count). The lowest BCUT2D eigenvalue weighted by atomic mass is 10.0. The van der Waals surface area contributed by atoms with Crippen molar-refractivity contribution >= 4 is 5.91 Å². The molecule has 0 radical (unpaired) electrons. The maximum absolute atomic E-state index is 12.2. The summed E-state index contributed by atoms with van der Waals surface area (Å²) in [7, 11) is 0. The van der Waals surface area contributed by atoms with Gasteiger partial charge in [-0.1, -0.05) is 23.4 Å². The van der Waals surface area contributed by atoms with Crippen molar-refractivity contribution in [2.24, 2.45) is 0 Å². The monoisotopic (exact) mass is 314 g/mol. The van der Waals surface area contributed by atoms with Gasteiger partial charge >= 0.3 is 0 Å². The molecular formula is C17H22N4O2. The van der Waals surface area contributed by atoms with Crippen molar-refractivity contribution in [3.63, 3.8) is 0 Å². The summed E-state index contributed by atoms with van der Waals surface area (Å²) in [5, 5.41) is 6.97. The number of hydrogen-bond acceptors (Lipinski definition) is 5. The number of carbonyl (C=O) groups excluding carboxylic acids is 1. The fraction of sp³-hybridized carbons (Fsp3) is 0.471. The SMILES string of the molecule is Cc1noc(C(C)N2CCC(NC(=O)c3ccccc3)CC2)n1. The van der Waals surface area contributed by atoms with E-state index >= 15 is 0 Å². The number of nitrogens with zero attached hydrogens (tertiary/aromatic N) is 3. The van der Waals surface area contributed by atoms with E-state index in [2.05, 4.69) is 27.3 Å². The fourth-order valence-corrected chi connectivity index (χ4v) is 2.93. The summed E-state index contributed by atoms with van der Waals surface area (Å²) in [6.07, 6.45) is 1.85. The quantitative estimate of drug-likeness (QED) is 0.938. The highest BCUT2D eigenvalue weighted by atomic mass is 16.5. The first-order chi connectivity index (χ1) is 11.1. The third-order valence-corrected chi connectivity index (χ3v) is 4.35. The van der Waals surface area contributed by atoms with Gasteiger partial charge in [0.1, 0.15) is 0 Å². The molecule has 2 heterocycles. The largest absolute Gasteiger partial charge is 0.349 e. The van der Waals surface area contributed by atoms with E-state index < -0.39 is 0 Å². The molecule has 0 saturated carbocycles. The summed E-state index contributed by atoms with van der Waals surface area (Å²) < 4.78 is 5.26. The van der Waals surface area contributed by atoms with Gasteiger partial charge in [0.2, 0.25) is 5.89 Å². The van der Waals surface area contributed by atoms with Crippen molar-refractivity contribution in [1.82, 2.24) is 20.4 Å². The Bertz CT molecular complexity index is 648. The predicted octanol–water partition coefficient (Wildman–Crippen LogP) is 2.33. The highest BCUT2D eigenvalue weighted by Gasteiger charge is 2.27. The predicted molar refractivity (Wildman–Crippen MR) is 86.0 cm³/mol. The number of likely N-dealkylation sites (tertiary alicyclic amines) is 1. The molecule has 1 aromatic carbocycles. The minimum absolute atomic E-state index is 0.00428. The zero-order chi connectivity index (χ0) is 16.2. The van der Waals surface area contributed by atoms with Crippen molar-refractivity contribution in [1.29, 1.82) is 0 Å². The minimum atomic E-state index is 0.00428. The topological polar surface area (TPSA) is 71.3 Å². The van der Waals surface area contributed by atoms with E-state index in [1.54, 1.807) is 0 Å². The number of aryl methyl sites for hydroxylation is 1.